The fourth-order valence-corrected chi connectivity index (χ4v) is 2.89. The normalized spacial score (nSPS) is 10.8. The van der Waals surface area contributed by atoms with Crippen LogP contribution in [0.3, 0.4) is 0 Å². The summed E-state index contributed by atoms with van der Waals surface area (Å²) in [5, 5.41) is 12.4. The molecule has 1 aromatic heterocycles. The molecule has 0 aliphatic rings. The van der Waals surface area contributed by atoms with Gasteiger partial charge >= 0.3 is 0 Å². The van der Waals surface area contributed by atoms with Gasteiger partial charge < -0.3 is 24.1 Å². The quantitative estimate of drug-likeness (QED) is 0.250. The zero-order valence-corrected chi connectivity index (χ0v) is 18.2. The maximum atomic E-state index is 12.4. The third kappa shape index (κ3) is 6.42. The zero-order valence-electron chi connectivity index (χ0n) is 17.4. The van der Waals surface area contributed by atoms with Gasteiger partial charge in [0.1, 0.15) is 35.3 Å². The van der Waals surface area contributed by atoms with Gasteiger partial charge in [-0.05, 0) is 62.6 Å². The van der Waals surface area contributed by atoms with Crippen LogP contribution in [0.25, 0.3) is 11.0 Å². The molecule has 0 atom stereocenters. The number of carbonyl (C=O) groups excluding carboxylic acids is 1. The van der Waals surface area contributed by atoms with Crippen LogP contribution in [0.15, 0.2) is 52.9 Å². The Morgan fingerprint density at radius 2 is 1.77 bits per heavy atom. The molecule has 8 nitrogen and oxygen atoms in total. The lowest BCUT2D eigenvalue weighted by atomic mass is 10.2. The summed E-state index contributed by atoms with van der Waals surface area (Å²) < 4.78 is 17.0. The summed E-state index contributed by atoms with van der Waals surface area (Å²) in [6.07, 6.45) is 0. The highest BCUT2D eigenvalue weighted by Gasteiger charge is 2.12. The molecular weight excluding hydrogens is 418 g/mol. The van der Waals surface area contributed by atoms with Crippen LogP contribution in [-0.2, 0) is 0 Å². The number of thiocarbonyl (C=S) groups is 1. The van der Waals surface area contributed by atoms with Crippen molar-refractivity contribution in [1.82, 2.24) is 15.7 Å². The molecule has 3 aromatic rings. The Morgan fingerprint density at radius 1 is 1.06 bits per heavy atom. The molecule has 0 bridgehead atoms. The van der Waals surface area contributed by atoms with E-state index in [9.17, 15) is 4.79 Å². The summed E-state index contributed by atoms with van der Waals surface area (Å²) in [5.41, 5.74) is 3.23. The van der Waals surface area contributed by atoms with Gasteiger partial charge in [0, 0.05) is 17.5 Å². The molecule has 0 saturated carbocycles. The summed E-state index contributed by atoms with van der Waals surface area (Å²) in [6, 6.07) is 14.1. The van der Waals surface area contributed by atoms with Gasteiger partial charge in [0.25, 0.3) is 5.91 Å². The van der Waals surface area contributed by atoms with Gasteiger partial charge in [-0.3, -0.25) is 15.5 Å². The van der Waals surface area contributed by atoms with Crippen molar-refractivity contribution >= 4 is 34.1 Å². The van der Waals surface area contributed by atoms with Crippen LogP contribution in [0.2, 0.25) is 0 Å². The molecule has 1 amide bonds. The molecule has 0 aliphatic heterocycles. The van der Waals surface area contributed by atoms with Crippen LogP contribution < -0.4 is 20.3 Å². The van der Waals surface area contributed by atoms with E-state index in [4.69, 9.17) is 31.3 Å². The monoisotopic (exact) mass is 443 g/mol. The van der Waals surface area contributed by atoms with Gasteiger partial charge in [0.15, 0.2) is 5.76 Å². The van der Waals surface area contributed by atoms with Crippen molar-refractivity contribution in [2.24, 2.45) is 0 Å². The smallest absolute Gasteiger partial charge is 0.287 e. The van der Waals surface area contributed by atoms with E-state index in [1.807, 2.05) is 36.6 Å². The lowest BCUT2D eigenvalue weighted by Gasteiger charge is -2.10. The topological polar surface area (TPSA) is 96.2 Å². The average Bonchev–Trinajstić information content (AvgIpc) is 3.20. The number of amides is 1. The first-order valence-corrected chi connectivity index (χ1v) is 10.1. The van der Waals surface area contributed by atoms with Crippen LogP contribution in [0.5, 0.6) is 11.5 Å². The lowest BCUT2D eigenvalue weighted by molar-refractivity contribution is 0.0921. The van der Waals surface area contributed by atoms with E-state index in [1.165, 1.54) is 0 Å². The molecule has 0 unspecified atom stereocenters. The van der Waals surface area contributed by atoms with Crippen molar-refractivity contribution < 1.29 is 23.9 Å². The number of rotatable bonds is 10. The van der Waals surface area contributed by atoms with E-state index in [1.54, 1.807) is 36.4 Å². The second-order valence-electron chi connectivity index (χ2n) is 7.03. The van der Waals surface area contributed by atoms with Gasteiger partial charge in [0.05, 0.1) is 6.54 Å². The van der Waals surface area contributed by atoms with Crippen molar-refractivity contribution in [1.29, 1.82) is 0 Å². The summed E-state index contributed by atoms with van der Waals surface area (Å²) in [6.45, 7) is 2.00. The Kier molecular flexibility index (Phi) is 7.82. The zero-order chi connectivity index (χ0) is 22.2. The van der Waals surface area contributed by atoms with Gasteiger partial charge in [0.2, 0.25) is 0 Å². The number of nitrogens with one attached hydrogen (secondary N) is 2. The molecule has 3 rings (SSSR count). The number of hydrogen-bond donors (Lipinski definition) is 3. The molecule has 0 radical (unpaired) electrons. The standard InChI is InChI=1S/C22H25N3O5S/c1-25(2)10-12-29-18-7-8-19-16(13-18)14-20(30-19)21(26)23-9-11-28-17-5-3-15(4-6-17)22(31)24-27/h3-8,13-14,27H,9-12H2,1-2H3,(H,23,26)(H,24,31). The van der Waals surface area contributed by atoms with Crippen LogP contribution in [0, 0.1) is 0 Å². The maximum absolute atomic E-state index is 12.4. The second-order valence-corrected chi connectivity index (χ2v) is 7.44. The van der Waals surface area contributed by atoms with E-state index in [0.29, 0.717) is 30.0 Å². The van der Waals surface area contributed by atoms with Crippen molar-refractivity contribution in [3.8, 4) is 11.5 Å². The molecule has 0 fully saturated rings. The number of nitrogens with zero attached hydrogens (tertiary/aromatic N) is 1. The SMILES string of the molecule is CN(C)CCOc1ccc2oc(C(=O)NCCOc3ccc(C(=S)NO)cc3)cc2c1. The van der Waals surface area contributed by atoms with E-state index >= 15 is 0 Å². The highest BCUT2D eigenvalue weighted by molar-refractivity contribution is 7.80. The predicted molar refractivity (Wildman–Crippen MR) is 121 cm³/mol. The number of benzene rings is 2. The number of hydrogen-bond acceptors (Lipinski definition) is 7. The third-order valence-electron chi connectivity index (χ3n) is 4.39. The minimum Gasteiger partial charge on any atom is -0.492 e. The number of carbonyl (C=O) groups is 1. The number of likely N-dealkylation sites (N-methyl/N-ethyl adjacent to an activating group) is 1. The number of fused-ring (bicyclic) bond motifs is 1. The summed E-state index contributed by atoms with van der Waals surface area (Å²) in [4.78, 5) is 14.6. The van der Waals surface area contributed by atoms with Gasteiger partial charge in [-0.15, -0.1) is 0 Å². The van der Waals surface area contributed by atoms with E-state index in [0.717, 1.165) is 17.7 Å². The molecule has 3 N–H and O–H groups in total. The van der Waals surface area contributed by atoms with E-state index in [-0.39, 0.29) is 23.3 Å². The fraction of sp³-hybridized carbons (Fsp3) is 0.273. The minimum atomic E-state index is -0.315. The van der Waals surface area contributed by atoms with E-state index in [2.05, 4.69) is 5.32 Å². The summed E-state index contributed by atoms with van der Waals surface area (Å²) in [5.74, 6) is 1.28. The minimum absolute atomic E-state index is 0.231. The van der Waals surface area contributed by atoms with Crippen molar-refractivity contribution in [3.63, 3.8) is 0 Å². The van der Waals surface area contributed by atoms with Crippen LogP contribution in [-0.4, -0.2) is 61.4 Å². The van der Waals surface area contributed by atoms with Gasteiger partial charge in [-0.25, -0.2) is 0 Å². The second kappa shape index (κ2) is 10.8. The predicted octanol–water partition coefficient (Wildman–Crippen LogP) is 2.84. The fourth-order valence-electron chi connectivity index (χ4n) is 2.76. The van der Waals surface area contributed by atoms with Crippen molar-refractivity contribution in [2.45, 2.75) is 0 Å². The van der Waals surface area contributed by atoms with Crippen molar-refractivity contribution in [3.05, 3.63) is 59.9 Å². The highest BCUT2D eigenvalue weighted by Crippen LogP contribution is 2.24. The Hall–Kier alpha value is -3.14. The summed E-state index contributed by atoms with van der Waals surface area (Å²) in [7, 11) is 3.97. The van der Waals surface area contributed by atoms with E-state index < -0.39 is 0 Å². The first-order valence-electron chi connectivity index (χ1n) is 9.73. The average molecular weight is 444 g/mol. The van der Waals surface area contributed by atoms with Gasteiger partial charge in [-0.1, -0.05) is 12.2 Å². The largest absolute Gasteiger partial charge is 0.492 e. The maximum Gasteiger partial charge on any atom is 0.287 e. The van der Waals surface area contributed by atoms with Crippen molar-refractivity contribution in [2.75, 3.05) is 40.4 Å². The van der Waals surface area contributed by atoms with Crippen LogP contribution in [0.4, 0.5) is 0 Å². The Labute approximate surface area is 185 Å². The molecule has 1 heterocycles. The molecule has 0 saturated heterocycles. The number of furan rings is 1. The molecule has 2 aromatic carbocycles. The summed E-state index contributed by atoms with van der Waals surface area (Å²) >= 11 is 4.94. The Morgan fingerprint density at radius 3 is 2.48 bits per heavy atom. The molecule has 31 heavy (non-hydrogen) atoms. The molecular formula is C22H25N3O5S. The number of hydroxylamine groups is 1. The molecule has 0 aliphatic carbocycles. The Bertz CT molecular complexity index is 1030. The molecule has 0 spiro atoms. The van der Waals surface area contributed by atoms with Gasteiger partial charge in [-0.2, -0.15) is 0 Å². The third-order valence-corrected chi connectivity index (χ3v) is 4.72. The van der Waals surface area contributed by atoms with Crippen LogP contribution in [0.1, 0.15) is 16.1 Å². The molecule has 9 heteroatoms. The lowest BCUT2D eigenvalue weighted by Crippen LogP contribution is -2.27. The molecule has 164 valence electrons. The first-order chi connectivity index (χ1) is 15.0. The first kappa shape index (κ1) is 22.5. The number of ether oxygens (including phenoxy) is 2. The van der Waals surface area contributed by atoms with Crippen LogP contribution >= 0.6 is 12.2 Å². The highest BCUT2D eigenvalue weighted by atomic mass is 32.1. The Balaban J connectivity index is 1.48.